The molecular formula is C16H23N3O4S2. The third-order valence-corrected chi connectivity index (χ3v) is 6.31. The number of nitrogens with zero attached hydrogens (tertiary/aromatic N) is 2. The molecule has 1 aromatic rings. The molecule has 1 saturated heterocycles. The van der Waals surface area contributed by atoms with Crippen LogP contribution in [0.2, 0.25) is 0 Å². The summed E-state index contributed by atoms with van der Waals surface area (Å²) in [6.07, 6.45) is 0. The van der Waals surface area contributed by atoms with Crippen LogP contribution in [-0.4, -0.2) is 49.5 Å². The fourth-order valence-corrected chi connectivity index (χ4v) is 4.65. The van der Waals surface area contributed by atoms with E-state index in [2.05, 4.69) is 5.32 Å². The second-order valence-corrected chi connectivity index (χ2v) is 7.79. The molecule has 1 heterocycles. The summed E-state index contributed by atoms with van der Waals surface area (Å²) in [6, 6.07) is 4.20. The number of ether oxygens (including phenoxy) is 1. The van der Waals surface area contributed by atoms with E-state index in [-0.39, 0.29) is 21.7 Å². The number of sulfonamides is 1. The largest absolute Gasteiger partial charge is 0.492 e. The van der Waals surface area contributed by atoms with E-state index in [4.69, 9.17) is 17.0 Å². The highest BCUT2D eigenvalue weighted by Crippen LogP contribution is 2.32. The van der Waals surface area contributed by atoms with E-state index < -0.39 is 16.1 Å². The van der Waals surface area contributed by atoms with Gasteiger partial charge in [-0.1, -0.05) is 13.8 Å². The highest BCUT2D eigenvalue weighted by molar-refractivity contribution is 7.89. The zero-order valence-electron chi connectivity index (χ0n) is 14.8. The molecule has 0 spiro atoms. The van der Waals surface area contributed by atoms with E-state index in [1.54, 1.807) is 39.8 Å². The van der Waals surface area contributed by atoms with Crippen molar-refractivity contribution in [1.29, 1.82) is 0 Å². The van der Waals surface area contributed by atoms with Crippen LogP contribution in [0.1, 0.15) is 27.7 Å². The number of hydrogen-bond donors (Lipinski definition) is 1. The number of carbonyl (C=O) groups excluding carboxylic acids is 1. The van der Waals surface area contributed by atoms with Crippen molar-refractivity contribution >= 4 is 38.9 Å². The number of nitrogens with one attached hydrogen (secondary N) is 1. The van der Waals surface area contributed by atoms with Gasteiger partial charge in [-0.25, -0.2) is 8.42 Å². The van der Waals surface area contributed by atoms with E-state index in [1.165, 1.54) is 15.3 Å². The topological polar surface area (TPSA) is 79.0 Å². The first-order valence-corrected chi connectivity index (χ1v) is 10.0. The summed E-state index contributed by atoms with van der Waals surface area (Å²) in [4.78, 5) is 13.7. The van der Waals surface area contributed by atoms with Crippen LogP contribution in [0.4, 0.5) is 5.69 Å². The predicted octanol–water partition coefficient (Wildman–Crippen LogP) is 1.73. The van der Waals surface area contributed by atoms with Crippen LogP contribution < -0.4 is 15.0 Å². The normalized spacial score (nSPS) is 18.0. The molecule has 0 radical (unpaired) electrons. The van der Waals surface area contributed by atoms with Gasteiger partial charge in [0.05, 0.1) is 12.3 Å². The van der Waals surface area contributed by atoms with Crippen molar-refractivity contribution in [3.63, 3.8) is 0 Å². The molecule has 25 heavy (non-hydrogen) atoms. The molecule has 9 heteroatoms. The fraction of sp³-hybridized carbons (Fsp3) is 0.500. The van der Waals surface area contributed by atoms with Crippen LogP contribution in [0.5, 0.6) is 5.75 Å². The van der Waals surface area contributed by atoms with Gasteiger partial charge in [-0.05, 0) is 44.3 Å². The van der Waals surface area contributed by atoms with Gasteiger partial charge in [-0.15, -0.1) is 0 Å². The lowest BCUT2D eigenvalue weighted by molar-refractivity contribution is -0.117. The Morgan fingerprint density at radius 3 is 2.40 bits per heavy atom. The molecule has 0 saturated carbocycles. The van der Waals surface area contributed by atoms with Gasteiger partial charge >= 0.3 is 0 Å². The van der Waals surface area contributed by atoms with Gasteiger partial charge in [0.15, 0.2) is 5.11 Å². The summed E-state index contributed by atoms with van der Waals surface area (Å²) in [5.41, 5.74) is 0.404. The summed E-state index contributed by atoms with van der Waals surface area (Å²) >= 11 is 5.20. The molecule has 2 rings (SSSR count). The first-order chi connectivity index (χ1) is 11.8. The van der Waals surface area contributed by atoms with E-state index in [0.717, 1.165) is 0 Å². The molecule has 1 aromatic carbocycles. The minimum Gasteiger partial charge on any atom is -0.492 e. The van der Waals surface area contributed by atoms with Gasteiger partial charge in [-0.3, -0.25) is 9.69 Å². The number of thiocarbonyl (C=S) groups is 1. The van der Waals surface area contributed by atoms with Gasteiger partial charge in [-0.2, -0.15) is 4.31 Å². The van der Waals surface area contributed by atoms with Crippen LogP contribution in [0.15, 0.2) is 23.1 Å². The van der Waals surface area contributed by atoms with Gasteiger partial charge in [0.25, 0.3) is 5.91 Å². The molecule has 1 aliphatic rings. The van der Waals surface area contributed by atoms with Crippen molar-refractivity contribution in [1.82, 2.24) is 9.62 Å². The summed E-state index contributed by atoms with van der Waals surface area (Å²) in [6.45, 7) is 8.05. The summed E-state index contributed by atoms with van der Waals surface area (Å²) in [5, 5.41) is 3.13. The number of hydrogen-bond acceptors (Lipinski definition) is 5. The van der Waals surface area contributed by atoms with Crippen molar-refractivity contribution < 1.29 is 17.9 Å². The Labute approximate surface area is 154 Å². The summed E-state index contributed by atoms with van der Waals surface area (Å²) < 4.78 is 32.8. The van der Waals surface area contributed by atoms with Crippen LogP contribution in [-0.2, 0) is 14.8 Å². The standard InChI is InChI=1S/C16H23N3O4S2/c1-5-18(6-2)25(21,22)14-10-12(8-9-13(14)23-7-3)19-15(20)11(4)17-16(19)24/h8-11H,5-7H2,1-4H3,(H,17,24). The molecule has 0 aliphatic carbocycles. The molecule has 0 aromatic heterocycles. The third-order valence-electron chi connectivity index (χ3n) is 3.94. The molecule has 1 aliphatic heterocycles. The van der Waals surface area contributed by atoms with Crippen molar-refractivity contribution in [2.24, 2.45) is 0 Å². The molecule has 138 valence electrons. The van der Waals surface area contributed by atoms with Crippen molar-refractivity contribution in [2.75, 3.05) is 24.6 Å². The van der Waals surface area contributed by atoms with E-state index in [1.807, 2.05) is 0 Å². The third kappa shape index (κ3) is 3.63. The Morgan fingerprint density at radius 2 is 1.92 bits per heavy atom. The van der Waals surface area contributed by atoms with Gasteiger partial charge in [0.2, 0.25) is 10.0 Å². The second kappa shape index (κ2) is 7.67. The molecule has 1 amide bonds. The summed E-state index contributed by atoms with van der Waals surface area (Å²) in [7, 11) is -3.75. The fourth-order valence-electron chi connectivity index (χ4n) is 2.66. The summed E-state index contributed by atoms with van der Waals surface area (Å²) in [5.74, 6) is 0.0390. The Bertz CT molecular complexity index is 776. The monoisotopic (exact) mass is 385 g/mol. The lowest BCUT2D eigenvalue weighted by Gasteiger charge is -2.22. The lowest BCUT2D eigenvalue weighted by atomic mass is 10.2. The van der Waals surface area contributed by atoms with Crippen LogP contribution >= 0.6 is 12.2 Å². The quantitative estimate of drug-likeness (QED) is 0.720. The highest BCUT2D eigenvalue weighted by atomic mass is 32.2. The zero-order valence-corrected chi connectivity index (χ0v) is 16.4. The minimum atomic E-state index is -3.75. The van der Waals surface area contributed by atoms with Crippen LogP contribution in [0, 0.1) is 0 Å². The molecule has 1 fully saturated rings. The Balaban J connectivity index is 2.58. The molecule has 1 atom stereocenters. The van der Waals surface area contributed by atoms with Crippen LogP contribution in [0.25, 0.3) is 0 Å². The number of anilines is 1. The zero-order chi connectivity index (χ0) is 18.8. The van der Waals surface area contributed by atoms with Gasteiger partial charge in [0.1, 0.15) is 16.7 Å². The Hall–Kier alpha value is -1.71. The maximum absolute atomic E-state index is 13.0. The molecule has 0 bridgehead atoms. The maximum atomic E-state index is 13.0. The average molecular weight is 386 g/mol. The smallest absolute Gasteiger partial charge is 0.255 e. The maximum Gasteiger partial charge on any atom is 0.255 e. The number of benzene rings is 1. The lowest BCUT2D eigenvalue weighted by Crippen LogP contribution is -2.33. The second-order valence-electron chi connectivity index (χ2n) is 5.50. The number of amides is 1. The Kier molecular flexibility index (Phi) is 6.02. The van der Waals surface area contributed by atoms with Crippen LogP contribution in [0.3, 0.4) is 0 Å². The van der Waals surface area contributed by atoms with E-state index in [9.17, 15) is 13.2 Å². The molecular weight excluding hydrogens is 362 g/mol. The van der Waals surface area contributed by atoms with E-state index in [0.29, 0.717) is 25.4 Å². The number of carbonyl (C=O) groups is 1. The van der Waals surface area contributed by atoms with Gasteiger partial charge < -0.3 is 10.1 Å². The first-order valence-electron chi connectivity index (χ1n) is 8.19. The molecule has 1 N–H and O–H groups in total. The predicted molar refractivity (Wildman–Crippen MR) is 100 cm³/mol. The van der Waals surface area contributed by atoms with Crippen molar-refractivity contribution in [3.8, 4) is 5.75 Å². The highest BCUT2D eigenvalue weighted by Gasteiger charge is 2.35. The average Bonchev–Trinajstić information content (AvgIpc) is 2.81. The minimum absolute atomic E-state index is 0.0331. The van der Waals surface area contributed by atoms with E-state index >= 15 is 0 Å². The van der Waals surface area contributed by atoms with Crippen molar-refractivity contribution in [2.45, 2.75) is 38.6 Å². The molecule has 7 nitrogen and oxygen atoms in total. The SMILES string of the molecule is CCOc1ccc(N2C(=O)C(C)NC2=S)cc1S(=O)(=O)N(CC)CC. The van der Waals surface area contributed by atoms with Crippen molar-refractivity contribution in [3.05, 3.63) is 18.2 Å². The number of rotatable bonds is 7. The Morgan fingerprint density at radius 1 is 1.28 bits per heavy atom. The van der Waals surface area contributed by atoms with Gasteiger partial charge in [0, 0.05) is 13.1 Å². The first kappa shape index (κ1) is 19.6. The molecule has 1 unspecified atom stereocenters.